The summed E-state index contributed by atoms with van der Waals surface area (Å²) in [6, 6.07) is 22.5. The topological polar surface area (TPSA) is 100 Å². The number of nitrogens with zero attached hydrogens (tertiary/aromatic N) is 3. The summed E-state index contributed by atoms with van der Waals surface area (Å²) in [7, 11) is 0. The number of aromatic nitrogens is 4. The van der Waals surface area contributed by atoms with Crippen LogP contribution in [0.3, 0.4) is 0 Å². The second kappa shape index (κ2) is 8.59. The van der Waals surface area contributed by atoms with Gasteiger partial charge in [-0.1, -0.05) is 0 Å². The summed E-state index contributed by atoms with van der Waals surface area (Å²) in [5, 5.41) is 11.1. The van der Waals surface area contributed by atoms with Gasteiger partial charge < -0.3 is 9.97 Å². The summed E-state index contributed by atoms with van der Waals surface area (Å²) in [6.07, 6.45) is 5.97. The van der Waals surface area contributed by atoms with Crippen LogP contribution in [0.2, 0.25) is 0 Å². The number of aromatic amines is 2. The van der Waals surface area contributed by atoms with E-state index in [-0.39, 0.29) is 22.8 Å². The number of hydrogen-bond donors (Lipinski definition) is 2. The van der Waals surface area contributed by atoms with Crippen LogP contribution in [0.4, 0.5) is 5.69 Å². The molecule has 0 amide bonds. The molecule has 2 N–H and O–H groups in total. The molecule has 0 saturated carbocycles. The van der Waals surface area contributed by atoms with Gasteiger partial charge in [-0.2, -0.15) is 0 Å². The van der Waals surface area contributed by atoms with Crippen molar-refractivity contribution in [3.63, 3.8) is 0 Å². The van der Waals surface area contributed by atoms with E-state index in [1.165, 1.54) is 12.1 Å². The molecule has 169 valence electrons. The molecule has 2 aliphatic rings. The van der Waals surface area contributed by atoms with E-state index in [9.17, 15) is 10.1 Å². The SMILES string of the molecule is O=[N+]([O-])c1ccc(C2=Cc3cc4ccc(cc5nc(cc6ccc(cc2n3)[nH]6)C=C5)[nH]4)cc1.[Cu]. The van der Waals surface area contributed by atoms with Crippen molar-refractivity contribution in [3.05, 3.63) is 111 Å². The van der Waals surface area contributed by atoms with Crippen molar-refractivity contribution in [1.82, 2.24) is 19.9 Å². The molecule has 0 atom stereocenters. The third-order valence-electron chi connectivity index (χ3n) is 5.55. The molecule has 7 nitrogen and oxygen atoms in total. The minimum atomic E-state index is -0.396. The first-order valence-electron chi connectivity index (χ1n) is 10.4. The number of nitro groups is 1. The van der Waals surface area contributed by atoms with Crippen LogP contribution in [0.15, 0.2) is 72.8 Å². The van der Waals surface area contributed by atoms with Gasteiger partial charge in [0.2, 0.25) is 0 Å². The number of benzene rings is 1. The molecule has 6 rings (SSSR count). The Morgan fingerprint density at radius 2 is 1.21 bits per heavy atom. The van der Waals surface area contributed by atoms with Crippen molar-refractivity contribution in [2.45, 2.75) is 0 Å². The number of non-ortho nitro benzene ring substituents is 1. The Morgan fingerprint density at radius 1 is 0.676 bits per heavy atom. The largest absolute Gasteiger partial charge is 0.355 e. The standard InChI is InChI=1S/C26H17N5O2.Cu/c32-31(33)24-9-1-16(2-10-24)25-14-23-13-21-6-5-19(28-21)11-17-3-4-18(27-17)12-20-7-8-22(29-20)15-26(25)30-23;/h1-15,28-29H;. The van der Waals surface area contributed by atoms with Crippen LogP contribution < -0.4 is 0 Å². The number of rotatable bonds is 2. The zero-order valence-corrected chi connectivity index (χ0v) is 18.6. The molecule has 5 heterocycles. The number of fused-ring (bicyclic) bond motifs is 8. The molecular weight excluding hydrogens is 478 g/mol. The molecule has 2 aliphatic heterocycles. The number of H-pyrrole nitrogens is 2. The zero-order chi connectivity index (χ0) is 22.4. The fourth-order valence-corrected chi connectivity index (χ4v) is 4.01. The molecule has 4 aromatic rings. The Balaban J connectivity index is 0.00000241. The van der Waals surface area contributed by atoms with Gasteiger partial charge >= 0.3 is 0 Å². The average molecular weight is 495 g/mol. The summed E-state index contributed by atoms with van der Waals surface area (Å²) >= 11 is 0. The summed E-state index contributed by atoms with van der Waals surface area (Å²) in [6.45, 7) is 0. The first kappa shape index (κ1) is 21.6. The molecule has 34 heavy (non-hydrogen) atoms. The Labute approximate surface area is 204 Å². The minimum Gasteiger partial charge on any atom is -0.355 e. The first-order valence-corrected chi connectivity index (χ1v) is 10.4. The fourth-order valence-electron chi connectivity index (χ4n) is 4.01. The molecule has 0 spiro atoms. The Kier molecular flexibility index (Phi) is 5.45. The van der Waals surface area contributed by atoms with Gasteiger partial charge in [0.1, 0.15) is 0 Å². The minimum absolute atomic E-state index is 0. The van der Waals surface area contributed by atoms with Crippen molar-refractivity contribution < 1.29 is 22.0 Å². The molecule has 8 heteroatoms. The Bertz CT molecular complexity index is 1650. The molecule has 3 aromatic heterocycles. The fraction of sp³-hybridized carbons (Fsp3) is 0. The summed E-state index contributed by atoms with van der Waals surface area (Å²) in [5.74, 6) is 0. The molecule has 0 unspecified atom stereocenters. The maximum Gasteiger partial charge on any atom is 0.269 e. The first-order chi connectivity index (χ1) is 16.1. The maximum absolute atomic E-state index is 11.1. The van der Waals surface area contributed by atoms with Crippen LogP contribution in [0.25, 0.3) is 45.9 Å². The molecule has 0 saturated heterocycles. The molecular formula is C26H17CuN5O2. The molecule has 8 bridgehead atoms. The van der Waals surface area contributed by atoms with E-state index in [1.54, 1.807) is 12.1 Å². The van der Waals surface area contributed by atoms with Crippen LogP contribution in [0.1, 0.15) is 28.3 Å². The van der Waals surface area contributed by atoms with Crippen molar-refractivity contribution in [3.8, 4) is 0 Å². The van der Waals surface area contributed by atoms with E-state index < -0.39 is 4.92 Å². The van der Waals surface area contributed by atoms with Gasteiger partial charge in [0, 0.05) is 56.8 Å². The van der Waals surface area contributed by atoms with Crippen molar-refractivity contribution in [2.75, 3.05) is 0 Å². The van der Waals surface area contributed by atoms with E-state index in [4.69, 9.17) is 4.98 Å². The Morgan fingerprint density at radius 3 is 1.76 bits per heavy atom. The molecule has 0 fully saturated rings. The van der Waals surface area contributed by atoms with E-state index in [2.05, 4.69) is 15.0 Å². The molecule has 1 radical (unpaired) electrons. The van der Waals surface area contributed by atoms with Gasteiger partial charge in [-0.05, 0) is 84.5 Å². The number of nitro benzene ring substituents is 1. The second-order valence-electron chi connectivity index (χ2n) is 7.89. The van der Waals surface area contributed by atoms with Gasteiger partial charge in [0.15, 0.2) is 0 Å². The van der Waals surface area contributed by atoms with E-state index >= 15 is 0 Å². The second-order valence-corrected chi connectivity index (χ2v) is 7.89. The predicted octanol–water partition coefficient (Wildman–Crippen LogP) is 5.98. The number of hydrogen-bond acceptors (Lipinski definition) is 4. The average Bonchev–Trinajstić information content (AvgIpc) is 3.59. The van der Waals surface area contributed by atoms with Crippen molar-refractivity contribution >= 4 is 51.6 Å². The Hall–Kier alpha value is -4.26. The normalized spacial score (nSPS) is 12.2. The molecule has 0 aliphatic carbocycles. The van der Waals surface area contributed by atoms with E-state index in [0.717, 1.165) is 56.0 Å². The van der Waals surface area contributed by atoms with Crippen LogP contribution in [-0.4, -0.2) is 24.9 Å². The predicted molar refractivity (Wildman–Crippen MR) is 130 cm³/mol. The van der Waals surface area contributed by atoms with E-state index in [1.807, 2.05) is 66.8 Å². The quantitative estimate of drug-likeness (QED) is 0.175. The monoisotopic (exact) mass is 494 g/mol. The van der Waals surface area contributed by atoms with Crippen molar-refractivity contribution in [1.29, 1.82) is 0 Å². The van der Waals surface area contributed by atoms with Crippen molar-refractivity contribution in [2.24, 2.45) is 0 Å². The van der Waals surface area contributed by atoms with Gasteiger partial charge in [-0.15, -0.1) is 0 Å². The van der Waals surface area contributed by atoms with Crippen LogP contribution in [-0.2, 0) is 17.1 Å². The zero-order valence-electron chi connectivity index (χ0n) is 17.6. The van der Waals surface area contributed by atoms with Gasteiger partial charge in [-0.25, -0.2) is 9.97 Å². The van der Waals surface area contributed by atoms with Crippen LogP contribution in [0.5, 0.6) is 0 Å². The maximum atomic E-state index is 11.1. The summed E-state index contributed by atoms with van der Waals surface area (Å²) in [5.41, 5.74) is 8.88. The third-order valence-corrected chi connectivity index (χ3v) is 5.55. The van der Waals surface area contributed by atoms with Crippen LogP contribution in [0, 0.1) is 10.1 Å². The summed E-state index contributed by atoms with van der Waals surface area (Å²) < 4.78 is 0. The third kappa shape index (κ3) is 4.20. The summed E-state index contributed by atoms with van der Waals surface area (Å²) in [4.78, 5) is 26.9. The molecule has 1 aromatic carbocycles. The van der Waals surface area contributed by atoms with Gasteiger partial charge in [-0.3, -0.25) is 10.1 Å². The van der Waals surface area contributed by atoms with E-state index in [0.29, 0.717) is 0 Å². The van der Waals surface area contributed by atoms with Gasteiger partial charge in [0.05, 0.1) is 27.7 Å². The van der Waals surface area contributed by atoms with Gasteiger partial charge in [0.25, 0.3) is 5.69 Å². The number of nitrogens with one attached hydrogen (secondary N) is 2. The smallest absolute Gasteiger partial charge is 0.269 e. The van der Waals surface area contributed by atoms with Crippen LogP contribution >= 0.6 is 0 Å².